The van der Waals surface area contributed by atoms with E-state index in [9.17, 15) is 9.90 Å². The Morgan fingerprint density at radius 3 is 2.71 bits per heavy atom. The van der Waals surface area contributed by atoms with E-state index in [0.717, 1.165) is 19.5 Å². The zero-order valence-electron chi connectivity index (χ0n) is 14.9. The fourth-order valence-electron chi connectivity index (χ4n) is 5.20. The minimum Gasteiger partial charge on any atom is -0.390 e. The molecule has 1 amide bonds. The van der Waals surface area contributed by atoms with Gasteiger partial charge < -0.3 is 10.0 Å². The van der Waals surface area contributed by atoms with E-state index in [1.54, 1.807) is 0 Å². The number of carbonyl (C=O) groups is 1. The minimum absolute atomic E-state index is 0.0655. The van der Waals surface area contributed by atoms with Gasteiger partial charge in [-0.2, -0.15) is 0 Å². The Morgan fingerprint density at radius 2 is 2.04 bits per heavy atom. The molecule has 24 heavy (non-hydrogen) atoms. The molecule has 3 aliphatic rings. The summed E-state index contributed by atoms with van der Waals surface area (Å²) in [6.07, 6.45) is 6.11. The van der Waals surface area contributed by atoms with E-state index < -0.39 is 5.60 Å². The summed E-state index contributed by atoms with van der Waals surface area (Å²) in [4.78, 5) is 14.5. The van der Waals surface area contributed by atoms with Gasteiger partial charge in [0.25, 0.3) is 0 Å². The first-order valence-electron chi connectivity index (χ1n) is 9.50. The smallest absolute Gasteiger partial charge is 0.225 e. The largest absolute Gasteiger partial charge is 0.390 e. The first-order valence-corrected chi connectivity index (χ1v) is 9.50. The minimum atomic E-state index is -0.606. The Kier molecular flexibility index (Phi) is 3.76. The number of amides is 1. The molecule has 3 heteroatoms. The van der Waals surface area contributed by atoms with Crippen molar-refractivity contribution in [3.05, 3.63) is 35.4 Å². The van der Waals surface area contributed by atoms with Crippen LogP contribution in [-0.4, -0.2) is 34.6 Å². The third kappa shape index (κ3) is 2.77. The third-order valence-electron chi connectivity index (χ3n) is 6.62. The molecular weight excluding hydrogens is 298 g/mol. The topological polar surface area (TPSA) is 40.5 Å². The lowest BCUT2D eigenvalue weighted by Gasteiger charge is -2.52. The number of hydrogen-bond acceptors (Lipinski definition) is 2. The number of benzene rings is 1. The number of aryl methyl sites for hydroxylation is 1. The number of likely N-dealkylation sites (tertiary alicyclic amines) is 1. The van der Waals surface area contributed by atoms with Gasteiger partial charge in [-0.3, -0.25) is 4.79 Å². The number of hydrogen-bond donors (Lipinski definition) is 1. The molecule has 1 atom stereocenters. The first kappa shape index (κ1) is 16.1. The summed E-state index contributed by atoms with van der Waals surface area (Å²) >= 11 is 0. The van der Waals surface area contributed by atoms with E-state index in [2.05, 4.69) is 31.2 Å². The van der Waals surface area contributed by atoms with Gasteiger partial charge >= 0.3 is 0 Å². The van der Waals surface area contributed by atoms with Crippen LogP contribution in [0.2, 0.25) is 0 Å². The molecule has 3 nitrogen and oxygen atoms in total. The van der Waals surface area contributed by atoms with Gasteiger partial charge in [-0.05, 0) is 62.5 Å². The molecule has 2 saturated carbocycles. The van der Waals surface area contributed by atoms with E-state index in [0.29, 0.717) is 24.2 Å². The van der Waals surface area contributed by atoms with Gasteiger partial charge in [0.2, 0.25) is 5.91 Å². The molecule has 0 aromatic heterocycles. The van der Waals surface area contributed by atoms with Crippen molar-refractivity contribution in [2.75, 3.05) is 13.1 Å². The van der Waals surface area contributed by atoms with Gasteiger partial charge in [-0.1, -0.05) is 31.2 Å². The van der Waals surface area contributed by atoms with Gasteiger partial charge in [0.05, 0.1) is 5.60 Å². The summed E-state index contributed by atoms with van der Waals surface area (Å²) in [6, 6.07) is 9.06. The highest BCUT2D eigenvalue weighted by Gasteiger charge is 2.53. The summed E-state index contributed by atoms with van der Waals surface area (Å²) in [5, 5.41) is 9.84. The second kappa shape index (κ2) is 5.59. The van der Waals surface area contributed by atoms with Gasteiger partial charge in [-0.25, -0.2) is 0 Å². The van der Waals surface area contributed by atoms with Crippen LogP contribution in [0.1, 0.15) is 63.0 Å². The SMILES string of the molecule is CCc1cccc(C2CCC3(C2)CN(C(=O)[C@H]2C[C@@](C)(O)C2)C3)c1. The Bertz CT molecular complexity index is 637. The average Bonchev–Trinajstić information content (AvgIpc) is 2.96. The second-order valence-corrected chi connectivity index (χ2v) is 8.83. The van der Waals surface area contributed by atoms with Crippen LogP contribution in [-0.2, 0) is 11.2 Å². The first-order chi connectivity index (χ1) is 11.4. The summed E-state index contributed by atoms with van der Waals surface area (Å²) in [6.45, 7) is 5.92. The zero-order valence-corrected chi connectivity index (χ0v) is 14.9. The fraction of sp³-hybridized carbons (Fsp3) is 0.667. The standard InChI is InChI=1S/C21H29NO2/c1-3-15-5-4-6-16(9-15)17-7-8-21(12-17)13-22(14-21)19(23)18-10-20(2,24)11-18/h4-6,9,17-18,24H,3,7-8,10-14H2,1-2H3/t17?,18-,20+. The van der Waals surface area contributed by atoms with Crippen molar-refractivity contribution in [1.29, 1.82) is 0 Å². The molecule has 1 heterocycles. The Labute approximate surface area is 145 Å². The molecule has 1 unspecified atom stereocenters. The average molecular weight is 327 g/mol. The second-order valence-electron chi connectivity index (χ2n) is 8.83. The number of nitrogens with zero attached hydrogens (tertiary/aromatic N) is 1. The Balaban J connectivity index is 1.34. The van der Waals surface area contributed by atoms with Gasteiger partial charge in [0.15, 0.2) is 0 Å². The van der Waals surface area contributed by atoms with Crippen molar-refractivity contribution >= 4 is 5.91 Å². The molecule has 3 fully saturated rings. The molecule has 2 aliphatic carbocycles. The summed E-state index contributed by atoms with van der Waals surface area (Å²) < 4.78 is 0. The van der Waals surface area contributed by atoms with Crippen molar-refractivity contribution < 1.29 is 9.90 Å². The van der Waals surface area contributed by atoms with Crippen molar-refractivity contribution in [3.63, 3.8) is 0 Å². The summed E-state index contributed by atoms with van der Waals surface area (Å²) in [7, 11) is 0. The normalized spacial score (nSPS) is 34.0. The molecule has 1 N–H and O–H groups in total. The van der Waals surface area contributed by atoms with Gasteiger partial charge in [-0.15, -0.1) is 0 Å². The van der Waals surface area contributed by atoms with Crippen LogP contribution in [0, 0.1) is 11.3 Å². The van der Waals surface area contributed by atoms with Crippen molar-refractivity contribution in [2.45, 2.75) is 63.9 Å². The molecule has 1 aromatic rings. The zero-order chi connectivity index (χ0) is 16.9. The molecule has 1 saturated heterocycles. The maximum atomic E-state index is 12.5. The van der Waals surface area contributed by atoms with E-state index in [1.807, 2.05) is 11.8 Å². The van der Waals surface area contributed by atoms with Gasteiger partial charge in [0, 0.05) is 24.4 Å². The Hall–Kier alpha value is -1.35. The molecule has 1 aliphatic heterocycles. The predicted molar refractivity (Wildman–Crippen MR) is 94.8 cm³/mol. The van der Waals surface area contributed by atoms with Crippen LogP contribution >= 0.6 is 0 Å². The quantitative estimate of drug-likeness (QED) is 0.923. The van der Waals surface area contributed by atoms with E-state index >= 15 is 0 Å². The third-order valence-corrected chi connectivity index (χ3v) is 6.62. The van der Waals surface area contributed by atoms with E-state index in [-0.39, 0.29) is 11.8 Å². The van der Waals surface area contributed by atoms with Crippen LogP contribution in [0.15, 0.2) is 24.3 Å². The highest BCUT2D eigenvalue weighted by molar-refractivity contribution is 5.81. The lowest BCUT2D eigenvalue weighted by atomic mass is 9.69. The number of aliphatic hydroxyl groups is 1. The number of rotatable bonds is 3. The van der Waals surface area contributed by atoms with Crippen LogP contribution in [0.25, 0.3) is 0 Å². The molecule has 0 radical (unpaired) electrons. The molecule has 1 aromatic carbocycles. The lowest BCUT2D eigenvalue weighted by Crippen LogP contribution is -2.61. The highest BCUT2D eigenvalue weighted by Crippen LogP contribution is 2.52. The maximum absolute atomic E-state index is 12.5. The molecule has 130 valence electrons. The Morgan fingerprint density at radius 1 is 1.29 bits per heavy atom. The maximum Gasteiger partial charge on any atom is 0.225 e. The fourth-order valence-corrected chi connectivity index (χ4v) is 5.20. The number of carbonyl (C=O) groups excluding carboxylic acids is 1. The molecule has 0 bridgehead atoms. The molecular formula is C21H29NO2. The molecule has 4 rings (SSSR count). The van der Waals surface area contributed by atoms with E-state index in [1.165, 1.54) is 30.4 Å². The van der Waals surface area contributed by atoms with Crippen molar-refractivity contribution in [1.82, 2.24) is 4.90 Å². The van der Waals surface area contributed by atoms with Crippen LogP contribution in [0.3, 0.4) is 0 Å². The highest BCUT2D eigenvalue weighted by atomic mass is 16.3. The summed E-state index contributed by atoms with van der Waals surface area (Å²) in [5.41, 5.74) is 2.68. The molecule has 1 spiro atoms. The summed E-state index contributed by atoms with van der Waals surface area (Å²) in [5.74, 6) is 1.01. The van der Waals surface area contributed by atoms with Crippen molar-refractivity contribution in [3.8, 4) is 0 Å². The van der Waals surface area contributed by atoms with Crippen LogP contribution in [0.4, 0.5) is 0 Å². The lowest BCUT2D eigenvalue weighted by molar-refractivity contribution is -0.161. The van der Waals surface area contributed by atoms with E-state index in [4.69, 9.17) is 0 Å². The monoisotopic (exact) mass is 327 g/mol. The predicted octanol–water partition coefficient (Wildman–Crippen LogP) is 3.51. The van der Waals surface area contributed by atoms with Crippen LogP contribution in [0.5, 0.6) is 0 Å². The van der Waals surface area contributed by atoms with Gasteiger partial charge in [0.1, 0.15) is 0 Å². The van der Waals surface area contributed by atoms with Crippen LogP contribution < -0.4 is 0 Å². The van der Waals surface area contributed by atoms with Crippen molar-refractivity contribution in [2.24, 2.45) is 11.3 Å².